The fraction of sp³-hybridized carbons (Fsp3) is 0.588. The molecule has 0 bridgehead atoms. The molecule has 1 aromatic rings. The zero-order valence-electron chi connectivity index (χ0n) is 14.0. The molecule has 1 heterocycles. The van der Waals surface area contributed by atoms with E-state index in [1.165, 1.54) is 18.2 Å². The second-order valence-corrected chi connectivity index (χ2v) is 6.21. The van der Waals surface area contributed by atoms with E-state index >= 15 is 0 Å². The van der Waals surface area contributed by atoms with Gasteiger partial charge in [-0.2, -0.15) is 0 Å². The highest BCUT2D eigenvalue weighted by Gasteiger charge is 2.20. The quantitative estimate of drug-likeness (QED) is 0.764. The summed E-state index contributed by atoms with van der Waals surface area (Å²) in [5.74, 6) is -1.32. The number of halogens is 2. The molecule has 0 saturated carbocycles. The van der Waals surface area contributed by atoms with Gasteiger partial charge in [0, 0.05) is 44.3 Å². The first kappa shape index (κ1) is 18.8. The molecule has 2 rings (SSSR count). The normalized spacial score (nSPS) is 17.7. The van der Waals surface area contributed by atoms with Gasteiger partial charge >= 0.3 is 0 Å². The van der Waals surface area contributed by atoms with Crippen molar-refractivity contribution in [2.24, 2.45) is 0 Å². The Bertz CT molecular complexity index is 528. The lowest BCUT2D eigenvalue weighted by atomic mass is 10.1. The largest absolute Gasteiger partial charge is 0.395 e. The average Bonchev–Trinajstić information content (AvgIpc) is 2.53. The zero-order chi connectivity index (χ0) is 17.5. The molecule has 1 fully saturated rings. The van der Waals surface area contributed by atoms with Crippen molar-refractivity contribution in [2.45, 2.75) is 19.4 Å². The van der Waals surface area contributed by atoms with Gasteiger partial charge in [0.2, 0.25) is 5.91 Å². The number of amides is 1. The molecule has 0 radical (unpaired) electrons. The van der Waals surface area contributed by atoms with Crippen molar-refractivity contribution in [3.8, 4) is 0 Å². The van der Waals surface area contributed by atoms with Crippen LogP contribution in [0.4, 0.5) is 8.78 Å². The van der Waals surface area contributed by atoms with Gasteiger partial charge in [0.1, 0.15) is 11.6 Å². The molecule has 0 spiro atoms. The van der Waals surface area contributed by atoms with Crippen LogP contribution in [-0.2, 0) is 11.2 Å². The molecule has 24 heavy (non-hydrogen) atoms. The number of piperazine rings is 1. The Kier molecular flexibility index (Phi) is 7.08. The number of hydrogen-bond donors (Lipinski definition) is 2. The Hall–Kier alpha value is -1.57. The van der Waals surface area contributed by atoms with Crippen LogP contribution in [0.5, 0.6) is 0 Å². The number of rotatable bonds is 7. The van der Waals surface area contributed by atoms with Crippen LogP contribution in [0.2, 0.25) is 0 Å². The Balaban J connectivity index is 1.76. The Morgan fingerprint density at radius 1 is 1.21 bits per heavy atom. The van der Waals surface area contributed by atoms with Crippen LogP contribution in [0.15, 0.2) is 18.2 Å². The molecule has 1 atom stereocenters. The van der Waals surface area contributed by atoms with Gasteiger partial charge in [-0.3, -0.25) is 14.6 Å². The van der Waals surface area contributed by atoms with Crippen molar-refractivity contribution in [2.75, 3.05) is 45.9 Å². The van der Waals surface area contributed by atoms with Gasteiger partial charge in [-0.1, -0.05) is 6.07 Å². The summed E-state index contributed by atoms with van der Waals surface area (Å²) >= 11 is 0. The second-order valence-electron chi connectivity index (χ2n) is 6.21. The minimum Gasteiger partial charge on any atom is -0.395 e. The van der Waals surface area contributed by atoms with Crippen molar-refractivity contribution in [3.63, 3.8) is 0 Å². The van der Waals surface area contributed by atoms with Crippen LogP contribution in [0.3, 0.4) is 0 Å². The fourth-order valence-corrected chi connectivity index (χ4v) is 2.92. The van der Waals surface area contributed by atoms with Gasteiger partial charge in [-0.15, -0.1) is 0 Å². The fourth-order valence-electron chi connectivity index (χ4n) is 2.92. The molecule has 1 amide bonds. The second kappa shape index (κ2) is 9.05. The minimum absolute atomic E-state index is 0.00270. The number of benzene rings is 1. The molecule has 134 valence electrons. The third-order valence-electron chi connectivity index (χ3n) is 4.23. The molecular formula is C17H25F2N3O2. The zero-order valence-corrected chi connectivity index (χ0v) is 14.0. The lowest BCUT2D eigenvalue weighted by molar-refractivity contribution is -0.123. The first-order valence-electron chi connectivity index (χ1n) is 8.27. The summed E-state index contributed by atoms with van der Waals surface area (Å²) in [6, 6.07) is 3.42. The van der Waals surface area contributed by atoms with Crippen molar-refractivity contribution >= 4 is 5.91 Å². The van der Waals surface area contributed by atoms with Crippen LogP contribution < -0.4 is 5.32 Å². The van der Waals surface area contributed by atoms with Crippen molar-refractivity contribution < 1.29 is 18.7 Å². The number of nitrogens with zero attached hydrogens (tertiary/aromatic N) is 2. The minimum atomic E-state index is -0.587. The predicted octanol–water partition coefficient (Wildman–Crippen LogP) is 0.622. The summed E-state index contributed by atoms with van der Waals surface area (Å²) in [6.45, 7) is 6.00. The number of carbonyl (C=O) groups is 1. The monoisotopic (exact) mass is 341 g/mol. The summed E-state index contributed by atoms with van der Waals surface area (Å²) in [7, 11) is 0. The highest BCUT2D eigenvalue weighted by Crippen LogP contribution is 2.14. The van der Waals surface area contributed by atoms with Gasteiger partial charge in [0.05, 0.1) is 13.2 Å². The van der Waals surface area contributed by atoms with Crippen LogP contribution in [0, 0.1) is 11.6 Å². The standard InChI is InChI=1S/C17H25F2N3O2/c1-13(11-14-15(18)3-2-4-16(14)19)20-17(24)12-22-7-5-21(6-8-22)9-10-23/h2-4,13,23H,5-12H2,1H3,(H,20,24)/t13-/m1/s1. The van der Waals surface area contributed by atoms with E-state index in [1.807, 2.05) is 4.90 Å². The van der Waals surface area contributed by atoms with E-state index in [1.54, 1.807) is 6.92 Å². The molecule has 5 nitrogen and oxygen atoms in total. The highest BCUT2D eigenvalue weighted by molar-refractivity contribution is 5.78. The van der Waals surface area contributed by atoms with Crippen molar-refractivity contribution in [1.29, 1.82) is 0 Å². The number of nitrogens with one attached hydrogen (secondary N) is 1. The molecule has 7 heteroatoms. The van der Waals surface area contributed by atoms with E-state index in [2.05, 4.69) is 10.2 Å². The van der Waals surface area contributed by atoms with Gasteiger partial charge in [0.25, 0.3) is 0 Å². The van der Waals surface area contributed by atoms with Crippen LogP contribution in [-0.4, -0.2) is 72.7 Å². The SMILES string of the molecule is C[C@H](Cc1c(F)cccc1F)NC(=O)CN1CCN(CCO)CC1. The summed E-state index contributed by atoms with van der Waals surface area (Å²) in [5, 5.41) is 11.7. The summed E-state index contributed by atoms with van der Waals surface area (Å²) in [6.07, 6.45) is 0.120. The Morgan fingerprint density at radius 3 is 2.38 bits per heavy atom. The van der Waals surface area contributed by atoms with Gasteiger partial charge < -0.3 is 10.4 Å². The topological polar surface area (TPSA) is 55.8 Å². The predicted molar refractivity (Wildman–Crippen MR) is 87.6 cm³/mol. The molecule has 2 N–H and O–H groups in total. The maximum Gasteiger partial charge on any atom is 0.234 e. The average molecular weight is 341 g/mol. The maximum atomic E-state index is 13.6. The Labute approximate surface area is 141 Å². The van der Waals surface area contributed by atoms with E-state index in [9.17, 15) is 13.6 Å². The van der Waals surface area contributed by atoms with Crippen LogP contribution in [0.25, 0.3) is 0 Å². The molecule has 1 saturated heterocycles. The smallest absolute Gasteiger partial charge is 0.234 e. The molecule has 0 aromatic heterocycles. The van der Waals surface area contributed by atoms with Crippen molar-refractivity contribution in [1.82, 2.24) is 15.1 Å². The van der Waals surface area contributed by atoms with Crippen LogP contribution in [0.1, 0.15) is 12.5 Å². The number of aliphatic hydroxyl groups is 1. The van der Waals surface area contributed by atoms with Crippen molar-refractivity contribution in [3.05, 3.63) is 35.4 Å². The summed E-state index contributed by atoms with van der Waals surface area (Å²) in [5.41, 5.74) is 0.00270. The van der Waals surface area contributed by atoms with Crippen LogP contribution >= 0.6 is 0 Å². The molecular weight excluding hydrogens is 316 g/mol. The first-order valence-corrected chi connectivity index (χ1v) is 8.27. The van der Waals surface area contributed by atoms with Gasteiger partial charge in [-0.05, 0) is 25.5 Å². The summed E-state index contributed by atoms with van der Waals surface area (Å²) in [4.78, 5) is 16.3. The Morgan fingerprint density at radius 2 is 1.79 bits per heavy atom. The lowest BCUT2D eigenvalue weighted by Gasteiger charge is -2.34. The molecule has 0 aliphatic carbocycles. The molecule has 1 aliphatic rings. The molecule has 1 aromatic carbocycles. The van der Waals surface area contributed by atoms with E-state index in [0.29, 0.717) is 6.54 Å². The van der Waals surface area contributed by atoms with E-state index in [-0.39, 0.29) is 37.1 Å². The number of β-amino-alcohol motifs (C(OH)–C–C–N with tert-alkyl or cyclic N) is 1. The number of hydrogen-bond acceptors (Lipinski definition) is 4. The van der Waals surface area contributed by atoms with Gasteiger partial charge in [0.15, 0.2) is 0 Å². The lowest BCUT2D eigenvalue weighted by Crippen LogP contribution is -2.50. The summed E-state index contributed by atoms with van der Waals surface area (Å²) < 4.78 is 27.3. The number of carbonyl (C=O) groups excluding carboxylic acids is 1. The number of aliphatic hydroxyl groups excluding tert-OH is 1. The third kappa shape index (κ3) is 5.51. The van der Waals surface area contributed by atoms with E-state index in [4.69, 9.17) is 5.11 Å². The highest BCUT2D eigenvalue weighted by atomic mass is 19.1. The third-order valence-corrected chi connectivity index (χ3v) is 4.23. The first-order chi connectivity index (χ1) is 11.5. The van der Waals surface area contributed by atoms with E-state index < -0.39 is 11.6 Å². The van der Waals surface area contributed by atoms with E-state index in [0.717, 1.165) is 26.2 Å². The molecule has 0 unspecified atom stereocenters. The van der Waals surface area contributed by atoms with Gasteiger partial charge in [-0.25, -0.2) is 8.78 Å². The molecule has 1 aliphatic heterocycles. The maximum absolute atomic E-state index is 13.6.